The van der Waals surface area contributed by atoms with E-state index in [4.69, 9.17) is 5.73 Å². The molecule has 2 aromatic heterocycles. The molecule has 18 heavy (non-hydrogen) atoms. The molecular weight excluding hydrogens is 234 g/mol. The van der Waals surface area contributed by atoms with Crippen LogP contribution in [0, 0.1) is 0 Å². The Bertz CT molecular complexity index is 565. The SMILES string of the molecule is NC(=O)Nc1cccnc1NC(=O)c1cc[nH]c1. The Kier molecular flexibility index (Phi) is 3.24. The first kappa shape index (κ1) is 11.6. The number of primary amides is 1. The minimum Gasteiger partial charge on any atom is -0.367 e. The van der Waals surface area contributed by atoms with Gasteiger partial charge in [0.15, 0.2) is 5.82 Å². The van der Waals surface area contributed by atoms with Gasteiger partial charge in [-0.2, -0.15) is 0 Å². The number of H-pyrrole nitrogens is 1. The Morgan fingerprint density at radius 2 is 2.11 bits per heavy atom. The lowest BCUT2D eigenvalue weighted by molar-refractivity contribution is 0.102. The molecule has 0 radical (unpaired) electrons. The number of anilines is 2. The highest BCUT2D eigenvalue weighted by molar-refractivity contribution is 6.06. The van der Waals surface area contributed by atoms with E-state index in [1.807, 2.05) is 0 Å². The summed E-state index contributed by atoms with van der Waals surface area (Å²) in [5.74, 6) is -0.0926. The molecule has 0 atom stereocenters. The molecule has 3 amide bonds. The minimum absolute atomic E-state index is 0.238. The topological polar surface area (TPSA) is 113 Å². The van der Waals surface area contributed by atoms with Crippen molar-refractivity contribution >= 4 is 23.4 Å². The van der Waals surface area contributed by atoms with E-state index < -0.39 is 6.03 Å². The maximum absolute atomic E-state index is 11.8. The number of hydrogen-bond acceptors (Lipinski definition) is 3. The van der Waals surface area contributed by atoms with Gasteiger partial charge in [-0.3, -0.25) is 4.79 Å². The van der Waals surface area contributed by atoms with Gasteiger partial charge in [-0.15, -0.1) is 0 Å². The van der Waals surface area contributed by atoms with Crippen molar-refractivity contribution in [2.24, 2.45) is 5.73 Å². The Morgan fingerprint density at radius 3 is 2.78 bits per heavy atom. The van der Waals surface area contributed by atoms with Crippen molar-refractivity contribution in [3.8, 4) is 0 Å². The molecule has 7 nitrogen and oxygen atoms in total. The average molecular weight is 245 g/mol. The number of aromatic amines is 1. The molecule has 0 saturated heterocycles. The molecule has 0 spiro atoms. The zero-order valence-corrected chi connectivity index (χ0v) is 9.31. The molecular formula is C11H11N5O2. The van der Waals surface area contributed by atoms with Gasteiger partial charge in [0, 0.05) is 18.6 Å². The lowest BCUT2D eigenvalue weighted by Gasteiger charge is -2.08. The number of aromatic nitrogens is 2. The van der Waals surface area contributed by atoms with Crippen molar-refractivity contribution in [3.05, 3.63) is 42.4 Å². The van der Waals surface area contributed by atoms with Crippen molar-refractivity contribution in [3.63, 3.8) is 0 Å². The predicted molar refractivity (Wildman–Crippen MR) is 66.2 cm³/mol. The van der Waals surface area contributed by atoms with Crippen LogP contribution < -0.4 is 16.4 Å². The summed E-state index contributed by atoms with van der Waals surface area (Å²) in [6, 6.07) is 4.11. The molecule has 2 rings (SSSR count). The van der Waals surface area contributed by atoms with Gasteiger partial charge in [-0.25, -0.2) is 9.78 Å². The summed E-state index contributed by atoms with van der Waals surface area (Å²) in [5.41, 5.74) is 5.83. The number of nitrogens with zero attached hydrogens (tertiary/aromatic N) is 1. The van der Waals surface area contributed by atoms with Crippen LogP contribution in [0.5, 0.6) is 0 Å². The molecule has 0 aliphatic carbocycles. The van der Waals surface area contributed by atoms with Crippen LogP contribution >= 0.6 is 0 Å². The van der Waals surface area contributed by atoms with E-state index in [0.29, 0.717) is 11.3 Å². The van der Waals surface area contributed by atoms with Gasteiger partial charge < -0.3 is 21.4 Å². The van der Waals surface area contributed by atoms with Crippen molar-refractivity contribution < 1.29 is 9.59 Å². The number of carbonyl (C=O) groups is 2. The summed E-state index contributed by atoms with van der Waals surface area (Å²) in [6.45, 7) is 0. The summed E-state index contributed by atoms with van der Waals surface area (Å²) in [5, 5.41) is 4.96. The highest BCUT2D eigenvalue weighted by Gasteiger charge is 2.10. The molecule has 0 unspecified atom stereocenters. The molecule has 0 fully saturated rings. The molecule has 0 saturated carbocycles. The number of amides is 3. The van der Waals surface area contributed by atoms with Crippen molar-refractivity contribution in [1.29, 1.82) is 0 Å². The summed E-state index contributed by atoms with van der Waals surface area (Å²) >= 11 is 0. The number of urea groups is 1. The Balaban J connectivity index is 2.18. The average Bonchev–Trinajstić information content (AvgIpc) is 2.84. The van der Waals surface area contributed by atoms with Gasteiger partial charge in [0.05, 0.1) is 11.3 Å². The van der Waals surface area contributed by atoms with Crippen LogP contribution in [0.1, 0.15) is 10.4 Å². The Labute approximate surface area is 102 Å². The lowest BCUT2D eigenvalue weighted by Crippen LogP contribution is -2.21. The number of nitrogens with two attached hydrogens (primary N) is 1. The second kappa shape index (κ2) is 5.00. The van der Waals surface area contributed by atoms with Crippen LogP contribution in [0.15, 0.2) is 36.8 Å². The van der Waals surface area contributed by atoms with Crippen LogP contribution in [-0.4, -0.2) is 21.9 Å². The molecule has 0 bridgehead atoms. The van der Waals surface area contributed by atoms with Crippen LogP contribution in [-0.2, 0) is 0 Å². The van der Waals surface area contributed by atoms with Crippen molar-refractivity contribution in [2.45, 2.75) is 0 Å². The van der Waals surface area contributed by atoms with Crippen LogP contribution in [0.4, 0.5) is 16.3 Å². The quantitative estimate of drug-likeness (QED) is 0.650. The summed E-state index contributed by atoms with van der Waals surface area (Å²) in [7, 11) is 0. The summed E-state index contributed by atoms with van der Waals surface area (Å²) < 4.78 is 0. The van der Waals surface area contributed by atoms with Gasteiger partial charge in [-0.1, -0.05) is 0 Å². The van der Waals surface area contributed by atoms with E-state index in [9.17, 15) is 9.59 Å². The molecule has 7 heteroatoms. The van der Waals surface area contributed by atoms with E-state index in [2.05, 4.69) is 20.6 Å². The van der Waals surface area contributed by atoms with Crippen LogP contribution in [0.3, 0.4) is 0 Å². The monoisotopic (exact) mass is 245 g/mol. The first-order valence-electron chi connectivity index (χ1n) is 5.12. The van der Waals surface area contributed by atoms with E-state index in [-0.39, 0.29) is 11.7 Å². The third kappa shape index (κ3) is 2.64. The van der Waals surface area contributed by atoms with Crippen molar-refractivity contribution in [2.75, 3.05) is 10.6 Å². The summed E-state index contributed by atoms with van der Waals surface area (Å²) in [4.78, 5) is 29.3. The van der Waals surface area contributed by atoms with Gasteiger partial charge in [0.25, 0.3) is 5.91 Å². The fourth-order valence-electron chi connectivity index (χ4n) is 1.38. The molecule has 5 N–H and O–H groups in total. The lowest BCUT2D eigenvalue weighted by atomic mass is 10.3. The zero-order valence-electron chi connectivity index (χ0n) is 9.31. The van der Waals surface area contributed by atoms with E-state index in [0.717, 1.165) is 0 Å². The Morgan fingerprint density at radius 1 is 1.28 bits per heavy atom. The molecule has 92 valence electrons. The number of nitrogens with one attached hydrogen (secondary N) is 3. The Hall–Kier alpha value is -2.83. The highest BCUT2D eigenvalue weighted by atomic mass is 16.2. The first-order valence-corrected chi connectivity index (χ1v) is 5.12. The summed E-state index contributed by atoms with van der Waals surface area (Å²) in [6.07, 6.45) is 4.69. The van der Waals surface area contributed by atoms with Gasteiger partial charge in [-0.05, 0) is 18.2 Å². The standard InChI is InChI=1S/C11H11N5O2/c12-11(18)15-8-2-1-4-14-9(8)16-10(17)7-3-5-13-6-7/h1-6,13H,(H3,12,15,18)(H,14,16,17). The van der Waals surface area contributed by atoms with E-state index >= 15 is 0 Å². The number of pyridine rings is 1. The molecule has 0 aliphatic rings. The molecule has 0 aromatic carbocycles. The van der Waals surface area contributed by atoms with E-state index in [1.165, 1.54) is 6.20 Å². The maximum Gasteiger partial charge on any atom is 0.316 e. The molecule has 2 heterocycles. The fraction of sp³-hybridized carbons (Fsp3) is 0. The third-order valence-electron chi connectivity index (χ3n) is 2.16. The first-order chi connectivity index (χ1) is 8.66. The highest BCUT2D eigenvalue weighted by Crippen LogP contribution is 2.18. The normalized spacial score (nSPS) is 9.78. The molecule has 2 aromatic rings. The second-order valence-electron chi connectivity index (χ2n) is 3.44. The predicted octanol–water partition coefficient (Wildman–Crippen LogP) is 1.15. The fourth-order valence-corrected chi connectivity index (χ4v) is 1.38. The van der Waals surface area contributed by atoms with Gasteiger partial charge in [0.2, 0.25) is 0 Å². The number of hydrogen-bond donors (Lipinski definition) is 4. The zero-order chi connectivity index (χ0) is 13.0. The maximum atomic E-state index is 11.8. The third-order valence-corrected chi connectivity index (χ3v) is 2.16. The smallest absolute Gasteiger partial charge is 0.316 e. The molecule has 0 aliphatic heterocycles. The van der Waals surface area contributed by atoms with E-state index in [1.54, 1.807) is 30.6 Å². The van der Waals surface area contributed by atoms with Crippen LogP contribution in [0.25, 0.3) is 0 Å². The largest absolute Gasteiger partial charge is 0.367 e. The van der Waals surface area contributed by atoms with Crippen LogP contribution in [0.2, 0.25) is 0 Å². The second-order valence-corrected chi connectivity index (χ2v) is 3.44. The van der Waals surface area contributed by atoms with Gasteiger partial charge in [0.1, 0.15) is 0 Å². The van der Waals surface area contributed by atoms with Crippen molar-refractivity contribution in [1.82, 2.24) is 9.97 Å². The number of carbonyl (C=O) groups excluding carboxylic acids is 2. The van der Waals surface area contributed by atoms with Gasteiger partial charge >= 0.3 is 6.03 Å². The minimum atomic E-state index is -0.722. The number of rotatable bonds is 3.